The SMILES string of the molecule is COCC(C)(C)Nc1ccc([N+](=O)[O-])c2ncccc12. The van der Waals surface area contributed by atoms with Crippen molar-refractivity contribution in [3.63, 3.8) is 0 Å². The number of anilines is 1. The molecule has 0 saturated heterocycles. The Morgan fingerprint density at radius 2 is 2.15 bits per heavy atom. The quantitative estimate of drug-likeness (QED) is 0.670. The number of rotatable bonds is 5. The van der Waals surface area contributed by atoms with Gasteiger partial charge in [-0.3, -0.25) is 10.1 Å². The number of nitrogens with one attached hydrogen (secondary N) is 1. The van der Waals surface area contributed by atoms with E-state index in [1.54, 1.807) is 25.4 Å². The Balaban J connectivity index is 2.51. The number of pyridine rings is 1. The monoisotopic (exact) mass is 275 g/mol. The predicted octanol–water partition coefficient (Wildman–Crippen LogP) is 2.98. The third-order valence-corrected chi connectivity index (χ3v) is 2.92. The Labute approximate surface area is 116 Å². The smallest absolute Gasteiger partial charge is 0.295 e. The summed E-state index contributed by atoms with van der Waals surface area (Å²) < 4.78 is 5.17. The zero-order valence-corrected chi connectivity index (χ0v) is 11.7. The van der Waals surface area contributed by atoms with Gasteiger partial charge in [0.25, 0.3) is 5.69 Å². The average molecular weight is 275 g/mol. The molecule has 0 spiro atoms. The molecule has 2 aromatic rings. The number of methoxy groups -OCH3 is 1. The van der Waals surface area contributed by atoms with Crippen molar-refractivity contribution in [3.05, 3.63) is 40.6 Å². The number of aromatic nitrogens is 1. The Morgan fingerprint density at radius 1 is 1.40 bits per heavy atom. The highest BCUT2D eigenvalue weighted by Gasteiger charge is 2.21. The van der Waals surface area contributed by atoms with Gasteiger partial charge in [0.15, 0.2) is 0 Å². The van der Waals surface area contributed by atoms with Crippen LogP contribution in [-0.2, 0) is 4.74 Å². The van der Waals surface area contributed by atoms with Gasteiger partial charge in [0.1, 0.15) is 5.52 Å². The number of fused-ring (bicyclic) bond motifs is 1. The summed E-state index contributed by atoms with van der Waals surface area (Å²) in [6.45, 7) is 4.52. The van der Waals surface area contributed by atoms with Gasteiger partial charge in [-0.15, -0.1) is 0 Å². The van der Waals surface area contributed by atoms with E-state index in [-0.39, 0.29) is 11.2 Å². The number of non-ortho nitro benzene ring substituents is 1. The average Bonchev–Trinajstić information content (AvgIpc) is 2.38. The summed E-state index contributed by atoms with van der Waals surface area (Å²) in [5.74, 6) is 0. The highest BCUT2D eigenvalue weighted by molar-refractivity contribution is 5.97. The minimum atomic E-state index is -0.417. The highest BCUT2D eigenvalue weighted by atomic mass is 16.6. The number of nitrogens with zero attached hydrogens (tertiary/aromatic N) is 2. The maximum Gasteiger partial charge on any atom is 0.295 e. The van der Waals surface area contributed by atoms with E-state index in [9.17, 15) is 10.1 Å². The Morgan fingerprint density at radius 3 is 2.80 bits per heavy atom. The highest BCUT2D eigenvalue weighted by Crippen LogP contribution is 2.31. The lowest BCUT2D eigenvalue weighted by Gasteiger charge is -2.27. The van der Waals surface area contributed by atoms with Crippen LogP contribution < -0.4 is 5.32 Å². The first-order valence-electron chi connectivity index (χ1n) is 6.24. The lowest BCUT2D eigenvalue weighted by atomic mass is 10.0. The van der Waals surface area contributed by atoms with Crippen LogP contribution in [0.5, 0.6) is 0 Å². The van der Waals surface area contributed by atoms with E-state index >= 15 is 0 Å². The molecule has 0 aliphatic rings. The van der Waals surface area contributed by atoms with E-state index < -0.39 is 4.92 Å². The van der Waals surface area contributed by atoms with Crippen LogP contribution >= 0.6 is 0 Å². The second kappa shape index (κ2) is 5.42. The lowest BCUT2D eigenvalue weighted by molar-refractivity contribution is -0.383. The fourth-order valence-electron chi connectivity index (χ4n) is 2.18. The molecule has 0 aliphatic carbocycles. The number of hydrogen-bond donors (Lipinski definition) is 1. The number of nitro groups is 1. The van der Waals surface area contributed by atoms with Crippen molar-refractivity contribution in [1.29, 1.82) is 0 Å². The molecule has 0 radical (unpaired) electrons. The standard InChI is InChI=1S/C14H17N3O3/c1-14(2,9-20-3)16-11-6-7-12(17(18)19)13-10(11)5-4-8-15-13/h4-8,16H,9H2,1-3H3. The minimum Gasteiger partial charge on any atom is -0.382 e. The van der Waals surface area contributed by atoms with Crippen molar-refractivity contribution in [2.75, 3.05) is 19.0 Å². The molecule has 0 unspecified atom stereocenters. The molecular formula is C14H17N3O3. The fraction of sp³-hybridized carbons (Fsp3) is 0.357. The molecule has 1 N–H and O–H groups in total. The minimum absolute atomic E-state index is 0.00991. The molecular weight excluding hydrogens is 258 g/mol. The van der Waals surface area contributed by atoms with Crippen LogP contribution in [0.3, 0.4) is 0 Å². The van der Waals surface area contributed by atoms with Crippen LogP contribution in [0, 0.1) is 10.1 Å². The van der Waals surface area contributed by atoms with E-state index in [0.717, 1.165) is 11.1 Å². The number of ether oxygens (including phenoxy) is 1. The third-order valence-electron chi connectivity index (χ3n) is 2.92. The Bertz CT molecular complexity index is 641. The summed E-state index contributed by atoms with van der Waals surface area (Å²) in [7, 11) is 1.64. The molecule has 6 heteroatoms. The first kappa shape index (κ1) is 14.2. The van der Waals surface area contributed by atoms with Gasteiger partial charge in [0.05, 0.1) is 17.1 Å². The van der Waals surface area contributed by atoms with E-state index in [1.807, 2.05) is 19.9 Å². The van der Waals surface area contributed by atoms with E-state index in [2.05, 4.69) is 10.3 Å². The molecule has 106 valence electrons. The number of benzene rings is 1. The second-order valence-electron chi connectivity index (χ2n) is 5.23. The Hall–Kier alpha value is -2.21. The predicted molar refractivity (Wildman–Crippen MR) is 78.0 cm³/mol. The summed E-state index contributed by atoms with van der Waals surface area (Å²) in [5, 5.41) is 15.1. The fourth-order valence-corrected chi connectivity index (χ4v) is 2.18. The first-order valence-corrected chi connectivity index (χ1v) is 6.24. The van der Waals surface area contributed by atoms with Crippen molar-refractivity contribution in [2.45, 2.75) is 19.4 Å². The normalized spacial score (nSPS) is 11.6. The summed E-state index contributed by atoms with van der Waals surface area (Å²) >= 11 is 0. The molecule has 0 atom stereocenters. The lowest BCUT2D eigenvalue weighted by Crippen LogP contribution is -2.35. The maximum atomic E-state index is 11.0. The summed E-state index contributed by atoms with van der Waals surface area (Å²) in [6.07, 6.45) is 1.55. The third kappa shape index (κ3) is 2.85. The zero-order valence-electron chi connectivity index (χ0n) is 11.7. The molecule has 0 fully saturated rings. The van der Waals surface area contributed by atoms with Crippen LogP contribution in [0.1, 0.15) is 13.8 Å². The zero-order chi connectivity index (χ0) is 14.8. The molecule has 6 nitrogen and oxygen atoms in total. The molecule has 0 aliphatic heterocycles. The molecule has 2 rings (SSSR count). The van der Waals surface area contributed by atoms with Crippen LogP contribution in [0.25, 0.3) is 10.9 Å². The van der Waals surface area contributed by atoms with Gasteiger partial charge < -0.3 is 10.1 Å². The van der Waals surface area contributed by atoms with Crippen molar-refractivity contribution in [3.8, 4) is 0 Å². The summed E-state index contributed by atoms with van der Waals surface area (Å²) in [4.78, 5) is 14.7. The van der Waals surface area contributed by atoms with Crippen molar-refractivity contribution in [1.82, 2.24) is 4.98 Å². The molecule has 1 aromatic carbocycles. The van der Waals surface area contributed by atoms with Gasteiger partial charge in [0, 0.05) is 30.4 Å². The van der Waals surface area contributed by atoms with Gasteiger partial charge in [-0.1, -0.05) is 0 Å². The topological polar surface area (TPSA) is 77.3 Å². The van der Waals surface area contributed by atoms with Gasteiger partial charge in [-0.2, -0.15) is 0 Å². The Kier molecular flexibility index (Phi) is 3.85. The number of nitro benzene ring substituents is 1. The summed E-state index contributed by atoms with van der Waals surface area (Å²) in [6, 6.07) is 6.77. The maximum absolute atomic E-state index is 11.0. The van der Waals surface area contributed by atoms with Gasteiger partial charge in [-0.05, 0) is 32.0 Å². The van der Waals surface area contributed by atoms with Gasteiger partial charge in [0.2, 0.25) is 0 Å². The molecule has 1 aromatic heterocycles. The van der Waals surface area contributed by atoms with Crippen molar-refractivity contribution in [2.24, 2.45) is 0 Å². The van der Waals surface area contributed by atoms with Crippen molar-refractivity contribution < 1.29 is 9.66 Å². The van der Waals surface area contributed by atoms with Crippen molar-refractivity contribution >= 4 is 22.3 Å². The molecule has 1 heterocycles. The van der Waals surface area contributed by atoms with Gasteiger partial charge >= 0.3 is 0 Å². The van der Waals surface area contributed by atoms with Crippen LogP contribution in [0.2, 0.25) is 0 Å². The van der Waals surface area contributed by atoms with E-state index in [1.165, 1.54) is 6.07 Å². The molecule has 0 bridgehead atoms. The molecule has 0 amide bonds. The van der Waals surface area contributed by atoms with E-state index in [0.29, 0.717) is 12.1 Å². The largest absolute Gasteiger partial charge is 0.382 e. The first-order chi connectivity index (χ1) is 9.44. The molecule has 0 saturated carbocycles. The number of hydrogen-bond acceptors (Lipinski definition) is 5. The summed E-state index contributed by atoms with van der Waals surface area (Å²) in [5.41, 5.74) is 0.917. The van der Waals surface area contributed by atoms with Crippen LogP contribution in [0.15, 0.2) is 30.5 Å². The second-order valence-corrected chi connectivity index (χ2v) is 5.23. The van der Waals surface area contributed by atoms with Gasteiger partial charge in [-0.25, -0.2) is 4.98 Å². The van der Waals surface area contributed by atoms with Crippen LogP contribution in [0.4, 0.5) is 11.4 Å². The van der Waals surface area contributed by atoms with E-state index in [4.69, 9.17) is 4.74 Å². The molecule has 20 heavy (non-hydrogen) atoms. The van der Waals surface area contributed by atoms with Crippen LogP contribution in [-0.4, -0.2) is 29.2 Å².